The predicted molar refractivity (Wildman–Crippen MR) is 100 cm³/mol. The minimum Gasteiger partial charge on any atom is -0.371 e. The lowest BCUT2D eigenvalue weighted by Crippen LogP contribution is -2.41. The minimum absolute atomic E-state index is 0.0492. The van der Waals surface area contributed by atoms with Gasteiger partial charge in [-0.25, -0.2) is 0 Å². The molecule has 1 aliphatic rings. The van der Waals surface area contributed by atoms with Gasteiger partial charge in [-0.3, -0.25) is 14.5 Å². The summed E-state index contributed by atoms with van der Waals surface area (Å²) >= 11 is 0. The summed E-state index contributed by atoms with van der Waals surface area (Å²) in [7, 11) is 0. The van der Waals surface area contributed by atoms with Gasteiger partial charge in [-0.2, -0.15) is 0 Å². The highest BCUT2D eigenvalue weighted by Crippen LogP contribution is 2.23. The van der Waals surface area contributed by atoms with Crippen LogP contribution in [0.1, 0.15) is 32.3 Å². The standard InChI is InChI=1S/C19H30N4O2/c1-3-22(4-2)14-18(24)21-12-15-7-9-17(10-8-15)23-11-5-6-16(13-23)19(20)25/h7-10,16H,3-6,11-14H2,1-2H3,(H2,20,25)(H,21,24)/t16-/m0/s1. The zero-order valence-corrected chi connectivity index (χ0v) is 15.3. The van der Waals surface area contributed by atoms with Crippen LogP contribution < -0.4 is 16.0 Å². The number of likely N-dealkylation sites (N-methyl/N-ethyl adjacent to an activating group) is 1. The molecule has 1 heterocycles. The molecule has 1 aliphatic heterocycles. The number of anilines is 1. The fourth-order valence-electron chi connectivity index (χ4n) is 3.18. The Bertz CT molecular complexity index is 569. The van der Waals surface area contributed by atoms with Gasteiger partial charge in [0.1, 0.15) is 0 Å². The van der Waals surface area contributed by atoms with Gasteiger partial charge in [0.15, 0.2) is 0 Å². The van der Waals surface area contributed by atoms with E-state index in [4.69, 9.17) is 5.73 Å². The normalized spacial score (nSPS) is 17.6. The monoisotopic (exact) mass is 346 g/mol. The average Bonchev–Trinajstić information content (AvgIpc) is 2.65. The molecule has 0 saturated carbocycles. The molecule has 1 fully saturated rings. The zero-order valence-electron chi connectivity index (χ0n) is 15.3. The molecule has 1 saturated heterocycles. The number of nitrogens with one attached hydrogen (secondary N) is 1. The number of nitrogens with zero attached hydrogens (tertiary/aromatic N) is 2. The van der Waals surface area contributed by atoms with Crippen molar-refractivity contribution in [3.05, 3.63) is 29.8 Å². The first-order chi connectivity index (χ1) is 12.0. The summed E-state index contributed by atoms with van der Waals surface area (Å²) in [6.07, 6.45) is 1.86. The van der Waals surface area contributed by atoms with Gasteiger partial charge in [0.05, 0.1) is 12.5 Å². The molecule has 2 rings (SSSR count). The molecule has 0 spiro atoms. The Kier molecular flexibility index (Phi) is 7.25. The van der Waals surface area contributed by atoms with Gasteiger partial charge >= 0.3 is 0 Å². The molecule has 2 amide bonds. The number of rotatable bonds is 8. The molecule has 0 aromatic heterocycles. The number of piperidine rings is 1. The third-order valence-corrected chi connectivity index (χ3v) is 4.88. The second-order valence-corrected chi connectivity index (χ2v) is 6.59. The van der Waals surface area contributed by atoms with Gasteiger partial charge in [0, 0.05) is 25.3 Å². The molecular formula is C19H30N4O2. The summed E-state index contributed by atoms with van der Waals surface area (Å²) in [4.78, 5) is 27.7. The zero-order chi connectivity index (χ0) is 18.2. The van der Waals surface area contributed by atoms with Crippen LogP contribution in [-0.2, 0) is 16.1 Å². The number of nitrogens with two attached hydrogens (primary N) is 1. The van der Waals surface area contributed by atoms with E-state index >= 15 is 0 Å². The van der Waals surface area contributed by atoms with Gasteiger partial charge in [0.2, 0.25) is 11.8 Å². The Hall–Kier alpha value is -2.08. The highest BCUT2D eigenvalue weighted by atomic mass is 16.2. The summed E-state index contributed by atoms with van der Waals surface area (Å²) < 4.78 is 0. The quantitative estimate of drug-likeness (QED) is 0.745. The lowest BCUT2D eigenvalue weighted by Gasteiger charge is -2.33. The van der Waals surface area contributed by atoms with Crippen molar-refractivity contribution in [2.75, 3.05) is 37.6 Å². The van der Waals surface area contributed by atoms with Crippen molar-refractivity contribution in [1.29, 1.82) is 0 Å². The topological polar surface area (TPSA) is 78.7 Å². The van der Waals surface area contributed by atoms with Crippen LogP contribution in [0.25, 0.3) is 0 Å². The molecular weight excluding hydrogens is 316 g/mol. The van der Waals surface area contributed by atoms with Crippen molar-refractivity contribution < 1.29 is 9.59 Å². The molecule has 1 atom stereocenters. The van der Waals surface area contributed by atoms with E-state index in [1.54, 1.807) is 0 Å². The molecule has 1 aromatic rings. The smallest absolute Gasteiger partial charge is 0.234 e. The Labute approximate surface area is 150 Å². The largest absolute Gasteiger partial charge is 0.371 e. The van der Waals surface area contributed by atoms with E-state index < -0.39 is 0 Å². The first kappa shape index (κ1) is 19.2. The van der Waals surface area contributed by atoms with E-state index in [2.05, 4.69) is 41.1 Å². The Morgan fingerprint density at radius 3 is 2.52 bits per heavy atom. The van der Waals surface area contributed by atoms with Crippen molar-refractivity contribution >= 4 is 17.5 Å². The van der Waals surface area contributed by atoms with Gasteiger partial charge in [-0.05, 0) is 43.6 Å². The predicted octanol–water partition coefficient (Wildman–Crippen LogP) is 1.35. The fourth-order valence-corrected chi connectivity index (χ4v) is 3.18. The summed E-state index contributed by atoms with van der Waals surface area (Å²) in [5.74, 6) is -0.224. The van der Waals surface area contributed by atoms with Crippen molar-refractivity contribution in [1.82, 2.24) is 10.2 Å². The SMILES string of the molecule is CCN(CC)CC(=O)NCc1ccc(N2CCC[C@H](C(N)=O)C2)cc1. The Balaban J connectivity index is 1.85. The van der Waals surface area contributed by atoms with Crippen molar-refractivity contribution in [3.8, 4) is 0 Å². The number of hydrogen-bond acceptors (Lipinski definition) is 4. The summed E-state index contributed by atoms with van der Waals surface area (Å²) in [6, 6.07) is 8.16. The van der Waals surface area contributed by atoms with Gasteiger partial charge < -0.3 is 16.0 Å². The Morgan fingerprint density at radius 1 is 1.24 bits per heavy atom. The number of carbonyl (C=O) groups excluding carboxylic acids is 2. The maximum Gasteiger partial charge on any atom is 0.234 e. The fraction of sp³-hybridized carbons (Fsp3) is 0.579. The maximum atomic E-state index is 12.0. The molecule has 6 heteroatoms. The van der Waals surface area contributed by atoms with Gasteiger partial charge in [-0.1, -0.05) is 26.0 Å². The second kappa shape index (κ2) is 9.42. The lowest BCUT2D eigenvalue weighted by atomic mass is 9.97. The highest BCUT2D eigenvalue weighted by molar-refractivity contribution is 5.78. The summed E-state index contributed by atoms with van der Waals surface area (Å²) in [5, 5.41) is 2.96. The van der Waals surface area contributed by atoms with Crippen molar-refractivity contribution in [2.45, 2.75) is 33.2 Å². The summed E-state index contributed by atoms with van der Waals surface area (Å²) in [6.45, 7) is 8.47. The van der Waals surface area contributed by atoms with Crippen LogP contribution in [0.3, 0.4) is 0 Å². The van der Waals surface area contributed by atoms with Crippen molar-refractivity contribution in [2.24, 2.45) is 11.7 Å². The number of hydrogen-bond donors (Lipinski definition) is 2. The van der Waals surface area contributed by atoms with E-state index in [1.807, 2.05) is 12.1 Å². The average molecular weight is 346 g/mol. The van der Waals surface area contributed by atoms with Gasteiger partial charge in [0.25, 0.3) is 0 Å². The van der Waals surface area contributed by atoms with Crippen LogP contribution in [0.2, 0.25) is 0 Å². The third kappa shape index (κ3) is 5.74. The second-order valence-electron chi connectivity index (χ2n) is 6.59. The van der Waals surface area contributed by atoms with Crippen LogP contribution in [0.15, 0.2) is 24.3 Å². The minimum atomic E-state index is -0.211. The third-order valence-electron chi connectivity index (χ3n) is 4.88. The van der Waals surface area contributed by atoms with Crippen LogP contribution in [-0.4, -0.2) is 49.4 Å². The van der Waals surface area contributed by atoms with Crippen LogP contribution in [0, 0.1) is 5.92 Å². The molecule has 6 nitrogen and oxygen atoms in total. The molecule has 0 bridgehead atoms. The first-order valence-corrected chi connectivity index (χ1v) is 9.15. The van der Waals surface area contributed by atoms with Crippen LogP contribution in [0.5, 0.6) is 0 Å². The van der Waals surface area contributed by atoms with E-state index in [0.717, 1.165) is 43.7 Å². The highest BCUT2D eigenvalue weighted by Gasteiger charge is 2.24. The van der Waals surface area contributed by atoms with Crippen molar-refractivity contribution in [3.63, 3.8) is 0 Å². The molecule has 1 aromatic carbocycles. The van der Waals surface area contributed by atoms with E-state index in [-0.39, 0.29) is 17.7 Å². The Morgan fingerprint density at radius 2 is 1.92 bits per heavy atom. The molecule has 138 valence electrons. The summed E-state index contributed by atoms with van der Waals surface area (Å²) in [5.41, 5.74) is 7.62. The van der Waals surface area contributed by atoms with E-state index in [0.29, 0.717) is 19.6 Å². The van der Waals surface area contributed by atoms with Crippen LogP contribution in [0.4, 0.5) is 5.69 Å². The molecule has 0 radical (unpaired) electrons. The molecule has 0 unspecified atom stereocenters. The number of amides is 2. The first-order valence-electron chi connectivity index (χ1n) is 9.15. The number of carbonyl (C=O) groups is 2. The molecule has 3 N–H and O–H groups in total. The molecule has 25 heavy (non-hydrogen) atoms. The lowest BCUT2D eigenvalue weighted by molar-refractivity contribution is -0.123. The van der Waals surface area contributed by atoms with Gasteiger partial charge in [-0.15, -0.1) is 0 Å². The maximum absolute atomic E-state index is 12.0. The molecule has 0 aliphatic carbocycles. The van der Waals surface area contributed by atoms with Crippen LogP contribution >= 0.6 is 0 Å². The number of primary amides is 1. The number of benzene rings is 1. The van der Waals surface area contributed by atoms with E-state index in [1.165, 1.54) is 0 Å². The van der Waals surface area contributed by atoms with E-state index in [9.17, 15) is 9.59 Å².